The lowest BCUT2D eigenvalue weighted by molar-refractivity contribution is 0.669. The quantitative estimate of drug-likeness (QED) is 0.178. The zero-order valence-corrected chi connectivity index (χ0v) is 26.4. The molecule has 5 nitrogen and oxygen atoms in total. The van der Waals surface area contributed by atoms with Gasteiger partial charge in [0, 0.05) is 39.3 Å². The Morgan fingerprint density at radius 1 is 0.449 bits per heavy atom. The van der Waals surface area contributed by atoms with E-state index >= 15 is 0 Å². The van der Waals surface area contributed by atoms with Crippen LogP contribution in [0.25, 0.3) is 71.3 Å². The Bertz CT molecular complexity index is 2820. The number of hydrogen-bond donors (Lipinski definition) is 0. The van der Waals surface area contributed by atoms with Crippen molar-refractivity contribution in [3.05, 3.63) is 170 Å². The van der Waals surface area contributed by atoms with Gasteiger partial charge in [0.1, 0.15) is 22.2 Å². The standard InChI is InChI=1S/C44H28N4O/c1-3-9-29(10-4-1)30-17-21-33(22-18-30)47(36-24-25-38-37-13-7-8-14-41(37)49-42(38)28-36)35-23-19-31-15-16-32-20-26-40-44(43(32)39(31)27-35)46-48(45-40)34-11-5-2-6-12-34/h1-28H. The van der Waals surface area contributed by atoms with Crippen molar-refractivity contribution in [2.24, 2.45) is 0 Å². The minimum Gasteiger partial charge on any atom is -0.456 e. The van der Waals surface area contributed by atoms with Crippen LogP contribution in [0.2, 0.25) is 0 Å². The van der Waals surface area contributed by atoms with Crippen LogP contribution in [-0.4, -0.2) is 15.0 Å². The molecule has 0 bridgehead atoms. The first-order valence-electron chi connectivity index (χ1n) is 16.4. The molecule has 0 fully saturated rings. The first kappa shape index (κ1) is 27.4. The van der Waals surface area contributed by atoms with Crippen LogP contribution in [0.5, 0.6) is 0 Å². The van der Waals surface area contributed by atoms with Crippen molar-refractivity contribution in [1.82, 2.24) is 15.0 Å². The maximum absolute atomic E-state index is 6.36. The van der Waals surface area contributed by atoms with E-state index in [2.05, 4.69) is 126 Å². The van der Waals surface area contributed by atoms with Crippen LogP contribution in [0.4, 0.5) is 17.1 Å². The Hall–Kier alpha value is -6.72. The average Bonchev–Trinajstić information content (AvgIpc) is 3.77. The van der Waals surface area contributed by atoms with Gasteiger partial charge in [-0.25, -0.2) is 0 Å². The second-order valence-corrected chi connectivity index (χ2v) is 12.4. The van der Waals surface area contributed by atoms with Gasteiger partial charge >= 0.3 is 0 Å². The fraction of sp³-hybridized carbons (Fsp3) is 0. The van der Waals surface area contributed by atoms with Crippen molar-refractivity contribution in [3.8, 4) is 16.8 Å². The molecule has 0 radical (unpaired) electrons. The highest BCUT2D eigenvalue weighted by atomic mass is 16.3. The third-order valence-corrected chi connectivity index (χ3v) is 9.43. The number of nitrogens with zero attached hydrogens (tertiary/aromatic N) is 4. The van der Waals surface area contributed by atoms with Gasteiger partial charge in [0.05, 0.1) is 5.69 Å². The van der Waals surface area contributed by atoms with E-state index < -0.39 is 0 Å². The molecule has 5 heteroatoms. The van der Waals surface area contributed by atoms with Crippen LogP contribution in [0.3, 0.4) is 0 Å². The highest BCUT2D eigenvalue weighted by Crippen LogP contribution is 2.41. The van der Waals surface area contributed by atoms with Crippen molar-refractivity contribution >= 4 is 71.6 Å². The van der Waals surface area contributed by atoms with Crippen molar-refractivity contribution in [1.29, 1.82) is 0 Å². The van der Waals surface area contributed by atoms with Crippen LogP contribution in [0, 0.1) is 0 Å². The number of benzene rings is 8. The number of anilines is 3. The molecule has 0 saturated heterocycles. The topological polar surface area (TPSA) is 47.1 Å². The Morgan fingerprint density at radius 2 is 1.08 bits per heavy atom. The lowest BCUT2D eigenvalue weighted by Gasteiger charge is -2.26. The summed E-state index contributed by atoms with van der Waals surface area (Å²) < 4.78 is 6.36. The Kier molecular flexibility index (Phi) is 6.11. The van der Waals surface area contributed by atoms with Crippen LogP contribution in [0.1, 0.15) is 0 Å². The molecular weight excluding hydrogens is 601 g/mol. The SMILES string of the molecule is c1ccc(-c2ccc(N(c3ccc4c(c3)oc3ccccc34)c3ccc4ccc5ccc6nn(-c7ccccc7)nc6c5c4c3)cc2)cc1. The Labute approximate surface area is 281 Å². The molecule has 0 saturated carbocycles. The molecule has 0 amide bonds. The first-order chi connectivity index (χ1) is 24.3. The van der Waals surface area contributed by atoms with Gasteiger partial charge < -0.3 is 9.32 Å². The molecule has 0 aliphatic carbocycles. The van der Waals surface area contributed by atoms with E-state index in [0.29, 0.717) is 0 Å². The van der Waals surface area contributed by atoms with Crippen molar-refractivity contribution < 1.29 is 4.42 Å². The van der Waals surface area contributed by atoms with E-state index in [1.54, 1.807) is 4.80 Å². The van der Waals surface area contributed by atoms with Gasteiger partial charge in [-0.05, 0) is 87.9 Å². The normalized spacial score (nSPS) is 11.7. The lowest BCUT2D eigenvalue weighted by Crippen LogP contribution is -2.09. The van der Waals surface area contributed by atoms with Crippen molar-refractivity contribution in [3.63, 3.8) is 0 Å². The fourth-order valence-corrected chi connectivity index (χ4v) is 7.05. The molecule has 230 valence electrons. The monoisotopic (exact) mass is 628 g/mol. The Morgan fingerprint density at radius 3 is 1.94 bits per heavy atom. The minimum atomic E-state index is 0.857. The molecule has 10 aromatic rings. The van der Waals surface area contributed by atoms with E-state index in [4.69, 9.17) is 14.6 Å². The summed E-state index contributed by atoms with van der Waals surface area (Å²) in [7, 11) is 0. The van der Waals surface area contributed by atoms with Gasteiger partial charge in [0.2, 0.25) is 0 Å². The third-order valence-electron chi connectivity index (χ3n) is 9.43. The van der Waals surface area contributed by atoms with Crippen LogP contribution in [0.15, 0.2) is 174 Å². The summed E-state index contributed by atoms with van der Waals surface area (Å²) >= 11 is 0. The molecule has 0 atom stereocenters. The summed E-state index contributed by atoms with van der Waals surface area (Å²) in [6.45, 7) is 0. The molecule has 10 rings (SSSR count). The molecule has 0 N–H and O–H groups in total. The van der Waals surface area contributed by atoms with Gasteiger partial charge in [-0.15, -0.1) is 10.2 Å². The van der Waals surface area contributed by atoms with Gasteiger partial charge in [-0.3, -0.25) is 0 Å². The first-order valence-corrected chi connectivity index (χ1v) is 16.4. The second-order valence-electron chi connectivity index (χ2n) is 12.4. The van der Waals surface area contributed by atoms with Crippen LogP contribution in [-0.2, 0) is 0 Å². The van der Waals surface area contributed by atoms with E-state index in [1.165, 1.54) is 11.1 Å². The molecule has 2 aromatic heterocycles. The maximum Gasteiger partial charge on any atom is 0.137 e. The van der Waals surface area contributed by atoms with E-state index in [9.17, 15) is 0 Å². The van der Waals surface area contributed by atoms with Gasteiger partial charge in [-0.1, -0.05) is 103 Å². The lowest BCUT2D eigenvalue weighted by atomic mass is 9.99. The van der Waals surface area contributed by atoms with Crippen LogP contribution >= 0.6 is 0 Å². The highest BCUT2D eigenvalue weighted by Gasteiger charge is 2.18. The highest BCUT2D eigenvalue weighted by molar-refractivity contribution is 6.19. The summed E-state index contributed by atoms with van der Waals surface area (Å²) in [5, 5.41) is 16.6. The zero-order chi connectivity index (χ0) is 32.3. The van der Waals surface area contributed by atoms with Crippen molar-refractivity contribution in [2.45, 2.75) is 0 Å². The van der Waals surface area contributed by atoms with Gasteiger partial charge in [0.15, 0.2) is 0 Å². The molecule has 0 unspecified atom stereocenters. The molecular formula is C44H28N4O. The molecule has 0 aliphatic heterocycles. The second kappa shape index (κ2) is 10.9. The molecule has 0 spiro atoms. The number of furan rings is 1. The maximum atomic E-state index is 6.36. The fourth-order valence-electron chi connectivity index (χ4n) is 7.05. The molecule has 49 heavy (non-hydrogen) atoms. The zero-order valence-electron chi connectivity index (χ0n) is 26.4. The van der Waals surface area contributed by atoms with Crippen molar-refractivity contribution in [2.75, 3.05) is 4.90 Å². The summed E-state index contributed by atoms with van der Waals surface area (Å²) in [6, 6.07) is 59.3. The van der Waals surface area contributed by atoms with Gasteiger partial charge in [0.25, 0.3) is 0 Å². The minimum absolute atomic E-state index is 0.857. The van der Waals surface area contributed by atoms with E-state index in [1.807, 2.05) is 48.5 Å². The molecule has 0 aliphatic rings. The number of aromatic nitrogens is 3. The summed E-state index contributed by atoms with van der Waals surface area (Å²) in [5.74, 6) is 0. The largest absolute Gasteiger partial charge is 0.456 e. The average molecular weight is 629 g/mol. The number of para-hydroxylation sites is 2. The predicted molar refractivity (Wildman–Crippen MR) is 201 cm³/mol. The van der Waals surface area contributed by atoms with Crippen LogP contribution < -0.4 is 4.90 Å². The molecule has 8 aromatic carbocycles. The number of hydrogen-bond acceptors (Lipinski definition) is 4. The molecule has 2 heterocycles. The van der Waals surface area contributed by atoms with Gasteiger partial charge in [-0.2, -0.15) is 4.80 Å². The predicted octanol–water partition coefficient (Wildman–Crippen LogP) is 11.8. The summed E-state index contributed by atoms with van der Waals surface area (Å²) in [4.78, 5) is 4.04. The van der Waals surface area contributed by atoms with E-state index in [0.717, 1.165) is 77.3 Å². The smallest absolute Gasteiger partial charge is 0.137 e. The number of fused-ring (bicyclic) bond motifs is 8. The summed E-state index contributed by atoms with van der Waals surface area (Å²) in [5.41, 5.74) is 9.88. The summed E-state index contributed by atoms with van der Waals surface area (Å²) in [6.07, 6.45) is 0. The third kappa shape index (κ3) is 4.55. The van der Waals surface area contributed by atoms with E-state index in [-0.39, 0.29) is 0 Å². The number of rotatable bonds is 5. The Balaban J connectivity index is 1.18.